The summed E-state index contributed by atoms with van der Waals surface area (Å²) in [7, 11) is 0. The Kier molecular flexibility index (Phi) is 48.9. The molecule has 750 valence electrons. The molecule has 44 nitrogen and oxygen atoms in total. The molecule has 0 aromatic carbocycles. The van der Waals surface area contributed by atoms with Gasteiger partial charge in [-0.15, -0.1) is 0 Å². The average molecular weight is 1870 g/mol. The molecule has 14 unspecified atom stereocenters. The summed E-state index contributed by atoms with van der Waals surface area (Å²) in [4.78, 5) is 67.0. The summed E-state index contributed by atoms with van der Waals surface area (Å²) >= 11 is 0. The second kappa shape index (κ2) is 56.4. The van der Waals surface area contributed by atoms with E-state index < -0.39 is 315 Å². The second-order valence-electron chi connectivity index (χ2n) is 34.9. The highest BCUT2D eigenvalue weighted by Crippen LogP contribution is 2.43. The number of aliphatic hydroxyl groups excluding tert-OH is 20. The maximum absolute atomic E-state index is 14.1. The fourth-order valence-corrected chi connectivity index (χ4v) is 17.3. The summed E-state index contributed by atoms with van der Waals surface area (Å²) in [6.07, 6.45) is -39.8. The highest BCUT2D eigenvalue weighted by Gasteiger charge is 2.63. The van der Waals surface area contributed by atoms with Crippen molar-refractivity contribution in [1.29, 1.82) is 0 Å². The molecule has 7 fully saturated rings. The van der Waals surface area contributed by atoms with Crippen LogP contribution in [0.1, 0.15) is 215 Å². The first kappa shape index (κ1) is 112. The Bertz CT molecular complexity index is 3240. The maximum atomic E-state index is 14.1. The summed E-state index contributed by atoms with van der Waals surface area (Å²) in [6.45, 7) is 0.858. The molecule has 4 amide bonds. The Balaban J connectivity index is 1.17. The van der Waals surface area contributed by atoms with Crippen LogP contribution in [0.15, 0.2) is 12.2 Å². The van der Waals surface area contributed by atoms with Gasteiger partial charge in [0.05, 0.1) is 76.6 Å². The van der Waals surface area contributed by atoms with Crippen molar-refractivity contribution in [3.8, 4) is 0 Å². The van der Waals surface area contributed by atoms with Gasteiger partial charge >= 0.3 is 5.97 Å². The van der Waals surface area contributed by atoms with Crippen molar-refractivity contribution in [2.24, 2.45) is 0 Å². The van der Waals surface area contributed by atoms with Crippen molar-refractivity contribution in [1.82, 2.24) is 21.3 Å². The lowest BCUT2D eigenvalue weighted by atomic mass is 9.88. The van der Waals surface area contributed by atoms with Crippen molar-refractivity contribution >= 4 is 29.6 Å². The van der Waals surface area contributed by atoms with Crippen molar-refractivity contribution in [3.05, 3.63) is 12.2 Å². The zero-order chi connectivity index (χ0) is 94.9. The number of aliphatic hydroxyl groups is 20. The van der Waals surface area contributed by atoms with E-state index >= 15 is 0 Å². The molecule has 0 aliphatic carbocycles. The van der Waals surface area contributed by atoms with Gasteiger partial charge < -0.3 is 195 Å². The molecule has 44 heteroatoms. The smallest absolute Gasteiger partial charge is 0.364 e. The number of carboxylic acids is 1. The number of rotatable bonds is 56. The number of unbranched alkanes of at least 4 members (excludes halogenated alkanes) is 23. The molecule has 25 N–H and O–H groups in total. The van der Waals surface area contributed by atoms with Gasteiger partial charge in [0.25, 0.3) is 5.79 Å². The van der Waals surface area contributed by atoms with Crippen LogP contribution in [0.4, 0.5) is 0 Å². The molecule has 38 atom stereocenters. The summed E-state index contributed by atoms with van der Waals surface area (Å²) in [5, 5.41) is 249. The monoisotopic (exact) mass is 1870 g/mol. The molecule has 0 aromatic rings. The molecule has 0 saturated carbocycles. The van der Waals surface area contributed by atoms with E-state index in [2.05, 4.69) is 35.1 Å². The van der Waals surface area contributed by atoms with Crippen LogP contribution in [0, 0.1) is 0 Å². The van der Waals surface area contributed by atoms with Gasteiger partial charge in [0.15, 0.2) is 37.7 Å². The lowest BCUT2D eigenvalue weighted by Crippen LogP contribution is -2.72. The Morgan fingerprint density at radius 1 is 0.419 bits per heavy atom. The van der Waals surface area contributed by atoms with Crippen LogP contribution in [-0.2, 0) is 90.3 Å². The number of allylic oxidation sites excluding steroid dienone is 1. The lowest BCUT2D eigenvalue weighted by Gasteiger charge is -2.53. The molecule has 7 aliphatic heterocycles. The van der Waals surface area contributed by atoms with Crippen LogP contribution in [0.2, 0.25) is 0 Å². The van der Waals surface area contributed by atoms with Crippen LogP contribution >= 0.6 is 0 Å². The number of ether oxygens (including phenoxy) is 14. The largest absolute Gasteiger partial charge is 0.477 e. The van der Waals surface area contributed by atoms with E-state index in [1.807, 2.05) is 0 Å². The van der Waals surface area contributed by atoms with E-state index in [-0.39, 0.29) is 6.42 Å². The van der Waals surface area contributed by atoms with E-state index in [0.29, 0.717) is 12.8 Å². The number of nitrogens with one attached hydrogen (secondary N) is 4. The first-order valence-electron chi connectivity index (χ1n) is 46.0. The van der Waals surface area contributed by atoms with E-state index in [9.17, 15) is 131 Å². The molecule has 7 rings (SSSR count). The fraction of sp³-hybridized carbons (Fsp3) is 0.918. The summed E-state index contributed by atoms with van der Waals surface area (Å²) in [5.74, 6) is -8.94. The molecule has 0 bridgehead atoms. The van der Waals surface area contributed by atoms with Crippen molar-refractivity contribution < 1.29 is 198 Å². The number of carboxylic acid groups (broad SMARTS) is 1. The third-order valence-corrected chi connectivity index (χ3v) is 24.7. The van der Waals surface area contributed by atoms with Gasteiger partial charge in [0.2, 0.25) is 23.6 Å². The Morgan fingerprint density at radius 2 is 0.806 bits per heavy atom. The predicted octanol–water partition coefficient (Wildman–Crippen LogP) is -5.00. The summed E-state index contributed by atoms with van der Waals surface area (Å²) in [5.41, 5.74) is 0. The number of hydrogen-bond acceptors (Lipinski definition) is 39. The SMILES string of the molecule is CCCCCCCCCCCCC/C=C/[C@@H](O)[C@H](CO[C@@H]1OC(CO)[C@@H](O[C@@H]2OC(CO)[C@H](O[C@@H]3OC(CO)[C@H](O)[C@H](O[C@@H]4OC(CO)[C@H](O)[C@H](O[C@@H]5OC(CO)[C@H](O)[C@H](O[C@H]6OC(C)[C@@H](O)C(O)[C@@H]6O)C5NC(C)=O)C4O)C3NC(C)=O)[C@H](O[C@]3(C(=O)O)CC(O)[C@@H](NC(C)=O)C([C@H](O)[C@H](O)CO)O3)C2O)[C@H](O)C1O)NC(=O)CCCCCCCCCCCCCCC. The second-order valence-corrected chi connectivity index (χ2v) is 34.9. The average Bonchev–Trinajstić information content (AvgIpc) is 0.734. The van der Waals surface area contributed by atoms with E-state index in [0.717, 1.165) is 85.0 Å². The summed E-state index contributed by atoms with van der Waals surface area (Å²) in [6, 6.07) is -6.92. The number of hydrogen-bond donors (Lipinski definition) is 25. The fourth-order valence-electron chi connectivity index (χ4n) is 17.3. The highest BCUT2D eigenvalue weighted by atomic mass is 16.8. The van der Waals surface area contributed by atoms with Gasteiger partial charge in [-0.1, -0.05) is 167 Å². The van der Waals surface area contributed by atoms with Gasteiger partial charge in [-0.25, -0.2) is 4.79 Å². The van der Waals surface area contributed by atoms with Crippen molar-refractivity contribution in [3.63, 3.8) is 0 Å². The van der Waals surface area contributed by atoms with E-state index in [1.165, 1.54) is 96.5 Å². The normalized spacial score (nSPS) is 37.9. The topological polar surface area (TPSA) is 688 Å². The number of amides is 4. The van der Waals surface area contributed by atoms with Gasteiger partial charge in [0.1, 0.15) is 159 Å². The van der Waals surface area contributed by atoms with Crippen molar-refractivity contribution in [2.75, 3.05) is 46.2 Å². The zero-order valence-electron chi connectivity index (χ0n) is 74.7. The quantitative estimate of drug-likeness (QED) is 0.0200. The van der Waals surface area contributed by atoms with Crippen LogP contribution in [0.5, 0.6) is 0 Å². The minimum Gasteiger partial charge on any atom is -0.477 e. The zero-order valence-corrected chi connectivity index (χ0v) is 74.7. The molecule has 7 saturated heterocycles. The van der Waals surface area contributed by atoms with Crippen LogP contribution in [0.25, 0.3) is 0 Å². The van der Waals surface area contributed by atoms with Crippen LogP contribution in [-0.4, -0.2) is 416 Å². The van der Waals surface area contributed by atoms with Gasteiger partial charge in [-0.05, 0) is 26.2 Å². The number of carbonyl (C=O) groups is 5. The number of carbonyl (C=O) groups excluding carboxylic acids is 4. The van der Waals surface area contributed by atoms with Crippen LogP contribution < -0.4 is 21.3 Å². The first-order chi connectivity index (χ1) is 61.6. The molecule has 7 aliphatic rings. The first-order valence-corrected chi connectivity index (χ1v) is 46.0. The lowest BCUT2D eigenvalue weighted by molar-refractivity contribution is -0.404. The molecular weight excluding hydrogens is 1720 g/mol. The van der Waals surface area contributed by atoms with Crippen molar-refractivity contribution in [2.45, 2.75) is 447 Å². The van der Waals surface area contributed by atoms with Gasteiger partial charge in [-0.2, -0.15) is 0 Å². The molecule has 0 spiro atoms. The molecule has 129 heavy (non-hydrogen) atoms. The van der Waals surface area contributed by atoms with E-state index in [4.69, 9.17) is 66.3 Å². The predicted molar refractivity (Wildman–Crippen MR) is 445 cm³/mol. The minimum absolute atomic E-state index is 0.0998. The van der Waals surface area contributed by atoms with Gasteiger partial charge in [0, 0.05) is 33.6 Å². The Labute approximate surface area is 751 Å². The molecular formula is C85H150N4O40. The van der Waals surface area contributed by atoms with Gasteiger partial charge in [-0.3, -0.25) is 19.2 Å². The minimum atomic E-state index is -3.48. The third-order valence-electron chi connectivity index (χ3n) is 24.7. The maximum Gasteiger partial charge on any atom is 0.364 e. The van der Waals surface area contributed by atoms with E-state index in [1.54, 1.807) is 6.08 Å². The summed E-state index contributed by atoms with van der Waals surface area (Å²) < 4.78 is 84.9. The molecule has 0 aromatic heterocycles. The molecule has 0 radical (unpaired) electrons. The highest BCUT2D eigenvalue weighted by molar-refractivity contribution is 5.77. The number of aliphatic carboxylic acids is 1. The van der Waals surface area contributed by atoms with Crippen LogP contribution in [0.3, 0.4) is 0 Å². The third kappa shape index (κ3) is 31.9. The Hall–Kier alpha value is -4.27. The molecule has 7 heterocycles. The Morgan fingerprint density at radius 3 is 1.27 bits per heavy atom. The standard InChI is InChI=1S/C85H150N4O40/c1-7-9-11-13-15-17-19-21-23-25-27-29-31-33-48(99)47(89-56(102)34-32-30-28-26-24-22-20-18-16-14-12-10-8-2)42-116-80-68(111)66(109)71(54(40-94)121-80)123-83-70(113)77(129-85(84(114)115)35-49(100)57(86-44(4)96)75(128-85)61(104)50(101)36-90)72(55(41-95)122-83)124-78-58(87-45(5)97)74(63(106)51(37-91)118-78)126-82-69(112)76(64(107)53(39-93)120-82)127-79-59(88-46(6)98)73(62(105)52(38-92)119-79)125-81-67(110)65(108)60(103)43(3)117-81/h31,33,43,47-55,57-83,90-95,99-101,103-113H,7-30,32,34-42H2,1-6H3,(H,86,96)(H,87,97)(H,88,98)(H,89,102)(H,114,115)/b33-31+/t43?,47-,48+,49?,50+,51?,52?,53?,54?,55?,57+,58?,59?,60+,61+,62-,63-,64-,65?,66+,67-,68?,69?,70?,71+,72-,73+,74+,75?,76-,77+,78-,79-,80+,81+,82-,83-,85-/m0/s1.